The Balaban J connectivity index is 2.18. The smallest absolute Gasteiger partial charge is 0.338 e. The minimum atomic E-state index is -3.90. The number of carbonyl (C=O) groups excluding carboxylic acids is 2. The lowest BCUT2D eigenvalue weighted by atomic mass is 9.95. The fourth-order valence-corrected chi connectivity index (χ4v) is 5.04. The number of carbonyl (C=O) groups is 2. The van der Waals surface area contributed by atoms with E-state index in [4.69, 9.17) is 18.9 Å². The van der Waals surface area contributed by atoms with Crippen LogP contribution in [0.1, 0.15) is 24.1 Å². The van der Waals surface area contributed by atoms with Crippen molar-refractivity contribution in [1.29, 1.82) is 0 Å². The van der Waals surface area contributed by atoms with Crippen LogP contribution in [-0.2, 0) is 19.4 Å². The first-order valence-electron chi connectivity index (χ1n) is 10.7. The second kappa shape index (κ2) is 10.7. The Morgan fingerprint density at radius 1 is 1.00 bits per heavy atom. The predicted molar refractivity (Wildman–Crippen MR) is 127 cm³/mol. The van der Waals surface area contributed by atoms with Gasteiger partial charge in [0.1, 0.15) is 0 Å². The van der Waals surface area contributed by atoms with Crippen molar-refractivity contribution in [3.05, 3.63) is 58.8 Å². The summed E-state index contributed by atoms with van der Waals surface area (Å²) in [5.74, 6) is -0.465. The van der Waals surface area contributed by atoms with Gasteiger partial charge in [-0.1, -0.05) is 17.7 Å². The van der Waals surface area contributed by atoms with Crippen molar-refractivity contribution in [2.24, 2.45) is 0 Å². The molecule has 0 unspecified atom stereocenters. The summed E-state index contributed by atoms with van der Waals surface area (Å²) in [6.45, 7) is 3.52. The Kier molecular flexibility index (Phi) is 7.90. The monoisotopic (exact) mass is 504 g/mol. The topological polar surface area (TPSA) is 129 Å². The third-order valence-electron chi connectivity index (χ3n) is 5.38. The third-order valence-corrected chi connectivity index (χ3v) is 7.04. The summed E-state index contributed by atoms with van der Waals surface area (Å²) in [5, 5.41) is 5.15. The van der Waals surface area contributed by atoms with Gasteiger partial charge < -0.3 is 29.6 Å². The number of hydrogen-bond acceptors (Lipinski definition) is 8. The Labute approximate surface area is 204 Å². The SMILES string of the molecule is CCOC(=O)C1=C(CS(=O)(=O)c2ccc(C)cc2)NC(=O)N[C@H]1c1cc(OC)c(OC)c(OC)c1. The lowest BCUT2D eigenvalue weighted by Gasteiger charge is -2.30. The van der Waals surface area contributed by atoms with E-state index >= 15 is 0 Å². The molecule has 1 aliphatic heterocycles. The number of methoxy groups -OCH3 is 3. The summed E-state index contributed by atoms with van der Waals surface area (Å²) < 4.78 is 47.7. The first-order valence-corrected chi connectivity index (χ1v) is 12.4. The van der Waals surface area contributed by atoms with Crippen LogP contribution >= 0.6 is 0 Å². The van der Waals surface area contributed by atoms with Crippen LogP contribution in [0.3, 0.4) is 0 Å². The summed E-state index contributed by atoms with van der Waals surface area (Å²) in [5.41, 5.74) is 1.18. The maximum atomic E-state index is 13.2. The molecule has 1 aliphatic rings. The number of benzene rings is 2. The van der Waals surface area contributed by atoms with E-state index in [1.54, 1.807) is 31.2 Å². The summed E-state index contributed by atoms with van der Waals surface area (Å²) in [6, 6.07) is 7.74. The average molecular weight is 505 g/mol. The Morgan fingerprint density at radius 2 is 1.60 bits per heavy atom. The number of amides is 2. The highest BCUT2D eigenvalue weighted by atomic mass is 32.2. The number of urea groups is 1. The summed E-state index contributed by atoms with van der Waals surface area (Å²) in [7, 11) is 0.416. The number of ether oxygens (including phenoxy) is 4. The van der Waals surface area contributed by atoms with Crippen molar-refractivity contribution in [2.45, 2.75) is 24.8 Å². The van der Waals surface area contributed by atoms with Crippen LogP contribution in [0.5, 0.6) is 17.2 Å². The van der Waals surface area contributed by atoms with E-state index < -0.39 is 33.6 Å². The molecule has 0 saturated heterocycles. The highest BCUT2D eigenvalue weighted by Crippen LogP contribution is 2.41. The molecule has 11 heteroatoms. The zero-order chi connectivity index (χ0) is 25.8. The first-order chi connectivity index (χ1) is 16.6. The number of aryl methyl sites for hydroxylation is 1. The summed E-state index contributed by atoms with van der Waals surface area (Å²) >= 11 is 0. The average Bonchev–Trinajstić information content (AvgIpc) is 2.82. The molecule has 2 aromatic carbocycles. The van der Waals surface area contributed by atoms with Gasteiger partial charge in [0.05, 0.1) is 50.2 Å². The van der Waals surface area contributed by atoms with Crippen LogP contribution in [-0.4, -0.2) is 54.1 Å². The minimum Gasteiger partial charge on any atom is -0.493 e. The highest BCUT2D eigenvalue weighted by Gasteiger charge is 2.36. The summed E-state index contributed by atoms with van der Waals surface area (Å²) in [4.78, 5) is 25.7. The minimum absolute atomic E-state index is 0.0450. The highest BCUT2D eigenvalue weighted by molar-refractivity contribution is 7.91. The molecule has 1 heterocycles. The number of rotatable bonds is 9. The van der Waals surface area contributed by atoms with E-state index in [-0.39, 0.29) is 22.8 Å². The standard InChI is InChI=1S/C24H28N2O8S/c1-6-34-23(27)20-17(13-35(29,30)16-9-7-14(2)8-10-16)25-24(28)26-21(20)15-11-18(31-3)22(33-5)19(12-15)32-4/h7-12,21H,6,13H2,1-5H3,(H2,25,26,28)/t21-/m0/s1. The van der Waals surface area contributed by atoms with Crippen LogP contribution in [0.25, 0.3) is 0 Å². The number of esters is 1. The van der Waals surface area contributed by atoms with Crippen LogP contribution in [0.4, 0.5) is 4.79 Å². The summed E-state index contributed by atoms with van der Waals surface area (Å²) in [6.07, 6.45) is 0. The zero-order valence-electron chi connectivity index (χ0n) is 20.1. The third kappa shape index (κ3) is 5.51. The lowest BCUT2D eigenvalue weighted by molar-refractivity contribution is -0.139. The normalized spacial score (nSPS) is 15.7. The Morgan fingerprint density at radius 3 is 2.11 bits per heavy atom. The molecule has 0 radical (unpaired) electrons. The van der Waals surface area contributed by atoms with E-state index in [0.29, 0.717) is 22.8 Å². The quantitative estimate of drug-likeness (QED) is 0.499. The van der Waals surface area contributed by atoms with Crippen molar-refractivity contribution in [1.82, 2.24) is 10.6 Å². The molecule has 3 rings (SSSR count). The molecular formula is C24H28N2O8S. The molecule has 1 atom stereocenters. The predicted octanol–water partition coefficient (Wildman–Crippen LogP) is 2.67. The van der Waals surface area contributed by atoms with Crippen LogP contribution in [0.15, 0.2) is 52.6 Å². The van der Waals surface area contributed by atoms with E-state index in [2.05, 4.69) is 10.6 Å². The molecule has 2 aromatic rings. The van der Waals surface area contributed by atoms with Gasteiger partial charge in [0.25, 0.3) is 0 Å². The van der Waals surface area contributed by atoms with Crippen molar-refractivity contribution >= 4 is 21.8 Å². The molecule has 2 N–H and O–H groups in total. The zero-order valence-corrected chi connectivity index (χ0v) is 20.9. The second-order valence-electron chi connectivity index (χ2n) is 7.67. The van der Waals surface area contributed by atoms with Gasteiger partial charge in [0, 0.05) is 5.70 Å². The van der Waals surface area contributed by atoms with Crippen LogP contribution in [0, 0.1) is 6.92 Å². The molecule has 188 valence electrons. The fourth-order valence-electron chi connectivity index (χ4n) is 3.72. The molecular weight excluding hydrogens is 476 g/mol. The van der Waals surface area contributed by atoms with E-state index in [1.807, 2.05) is 6.92 Å². The Hall–Kier alpha value is -3.73. The molecule has 0 fully saturated rings. The maximum Gasteiger partial charge on any atom is 0.338 e. The number of sulfone groups is 1. The molecule has 0 bridgehead atoms. The molecule has 35 heavy (non-hydrogen) atoms. The van der Waals surface area contributed by atoms with Gasteiger partial charge in [-0.05, 0) is 43.7 Å². The first kappa shape index (κ1) is 25.9. The van der Waals surface area contributed by atoms with Gasteiger partial charge in [-0.15, -0.1) is 0 Å². The van der Waals surface area contributed by atoms with Crippen molar-refractivity contribution in [2.75, 3.05) is 33.7 Å². The largest absolute Gasteiger partial charge is 0.493 e. The number of nitrogens with one attached hydrogen (secondary N) is 2. The van der Waals surface area contributed by atoms with Gasteiger partial charge in [0.2, 0.25) is 5.75 Å². The molecule has 10 nitrogen and oxygen atoms in total. The number of hydrogen-bond donors (Lipinski definition) is 2. The molecule has 2 amide bonds. The van der Waals surface area contributed by atoms with Gasteiger partial charge >= 0.3 is 12.0 Å². The van der Waals surface area contributed by atoms with Gasteiger partial charge in [-0.3, -0.25) is 0 Å². The van der Waals surface area contributed by atoms with Gasteiger partial charge in [-0.2, -0.15) is 0 Å². The molecule has 0 aromatic heterocycles. The van der Waals surface area contributed by atoms with E-state index in [0.717, 1.165) is 5.56 Å². The van der Waals surface area contributed by atoms with Crippen molar-refractivity contribution < 1.29 is 37.0 Å². The van der Waals surface area contributed by atoms with Gasteiger partial charge in [-0.25, -0.2) is 18.0 Å². The van der Waals surface area contributed by atoms with Crippen molar-refractivity contribution in [3.8, 4) is 17.2 Å². The molecule has 0 aliphatic carbocycles. The Bertz CT molecular complexity index is 1230. The maximum absolute atomic E-state index is 13.2. The van der Waals surface area contributed by atoms with Crippen LogP contribution in [0.2, 0.25) is 0 Å². The fraction of sp³-hybridized carbons (Fsp3) is 0.333. The molecule has 0 spiro atoms. The van der Waals surface area contributed by atoms with E-state index in [9.17, 15) is 18.0 Å². The second-order valence-corrected chi connectivity index (χ2v) is 9.66. The van der Waals surface area contributed by atoms with Crippen LogP contribution < -0.4 is 24.8 Å². The van der Waals surface area contributed by atoms with Crippen molar-refractivity contribution in [3.63, 3.8) is 0 Å². The lowest BCUT2D eigenvalue weighted by Crippen LogP contribution is -2.47. The van der Waals surface area contributed by atoms with E-state index in [1.165, 1.54) is 33.5 Å². The molecule has 0 saturated carbocycles. The van der Waals surface area contributed by atoms with Gasteiger partial charge in [0.15, 0.2) is 21.3 Å².